The molecule has 0 amide bonds. The highest BCUT2D eigenvalue weighted by Gasteiger charge is 2.23. The molecule has 20 heavy (non-hydrogen) atoms. The third-order valence-corrected chi connectivity index (χ3v) is 3.41. The normalized spacial score (nSPS) is 17.4. The van der Waals surface area contributed by atoms with Crippen LogP contribution in [0.2, 0.25) is 0 Å². The van der Waals surface area contributed by atoms with Crippen LogP contribution < -0.4 is 4.74 Å². The molecule has 0 radical (unpaired) electrons. The van der Waals surface area contributed by atoms with E-state index in [0.717, 1.165) is 37.4 Å². The first-order valence-electron chi connectivity index (χ1n) is 7.15. The average Bonchev–Trinajstić information content (AvgIpc) is 2.77. The fourth-order valence-electron chi connectivity index (χ4n) is 2.22. The summed E-state index contributed by atoms with van der Waals surface area (Å²) in [5.41, 5.74) is 0. The van der Waals surface area contributed by atoms with Crippen molar-refractivity contribution in [1.82, 2.24) is 14.8 Å². The summed E-state index contributed by atoms with van der Waals surface area (Å²) in [6.45, 7) is 4.92. The zero-order valence-electron chi connectivity index (χ0n) is 11.9. The van der Waals surface area contributed by atoms with Gasteiger partial charge in [-0.25, -0.2) is 9.67 Å². The van der Waals surface area contributed by atoms with Gasteiger partial charge in [0.2, 0.25) is 4.73 Å². The third kappa shape index (κ3) is 3.60. The van der Waals surface area contributed by atoms with Crippen LogP contribution in [0, 0.1) is 0 Å². The number of benzene rings is 1. The van der Waals surface area contributed by atoms with Gasteiger partial charge in [-0.2, -0.15) is 0 Å². The maximum Gasteiger partial charge on any atom is 0.217 e. The Kier molecular flexibility index (Phi) is 5.59. The van der Waals surface area contributed by atoms with Gasteiger partial charge in [-0.05, 0) is 47.3 Å². The van der Waals surface area contributed by atoms with E-state index in [9.17, 15) is 0 Å². The summed E-state index contributed by atoms with van der Waals surface area (Å²) >= 11 is 3.33. The highest BCUT2D eigenvalue weighted by molar-refractivity contribution is 9.10. The molecule has 4 nitrogen and oxygen atoms in total. The van der Waals surface area contributed by atoms with Crippen LogP contribution in [0.5, 0.6) is 5.75 Å². The maximum atomic E-state index is 6.03. The predicted molar refractivity (Wildman–Crippen MR) is 82.7 cm³/mol. The van der Waals surface area contributed by atoms with Crippen molar-refractivity contribution in [2.45, 2.75) is 45.8 Å². The number of fused-ring (bicyclic) bond motifs is 1. The van der Waals surface area contributed by atoms with Crippen molar-refractivity contribution in [3.8, 4) is 5.75 Å². The van der Waals surface area contributed by atoms with Gasteiger partial charge in [-0.15, -0.1) is 5.10 Å². The second-order valence-electron chi connectivity index (χ2n) is 4.38. The molecular formula is C15H20BrN3O. The maximum absolute atomic E-state index is 6.03. The SMILES string of the molecule is Brc1nc2n(n1)CCCCC2Oc1ccccc1.CC. The molecule has 0 aliphatic carbocycles. The second kappa shape index (κ2) is 7.43. The van der Waals surface area contributed by atoms with Crippen molar-refractivity contribution in [2.75, 3.05) is 0 Å². The molecule has 0 saturated heterocycles. The van der Waals surface area contributed by atoms with E-state index in [1.165, 1.54) is 0 Å². The third-order valence-electron chi connectivity index (χ3n) is 3.07. The number of hydrogen-bond donors (Lipinski definition) is 0. The van der Waals surface area contributed by atoms with E-state index >= 15 is 0 Å². The number of hydrogen-bond acceptors (Lipinski definition) is 3. The van der Waals surface area contributed by atoms with Crippen molar-refractivity contribution in [2.24, 2.45) is 0 Å². The number of aryl methyl sites for hydroxylation is 1. The molecule has 1 atom stereocenters. The van der Waals surface area contributed by atoms with E-state index in [1.54, 1.807) is 0 Å². The van der Waals surface area contributed by atoms with Gasteiger partial charge in [0.05, 0.1) is 0 Å². The van der Waals surface area contributed by atoms with E-state index in [1.807, 2.05) is 48.9 Å². The Hall–Kier alpha value is -1.36. The van der Waals surface area contributed by atoms with Crippen molar-refractivity contribution in [3.63, 3.8) is 0 Å². The molecule has 1 aromatic carbocycles. The first kappa shape index (κ1) is 15.0. The Bertz CT molecular complexity index is 527. The van der Waals surface area contributed by atoms with Crippen LogP contribution in [0.4, 0.5) is 0 Å². The molecule has 108 valence electrons. The van der Waals surface area contributed by atoms with E-state index < -0.39 is 0 Å². The number of aromatic nitrogens is 3. The van der Waals surface area contributed by atoms with Gasteiger partial charge in [0.25, 0.3) is 0 Å². The molecule has 1 aromatic heterocycles. The van der Waals surface area contributed by atoms with Crippen LogP contribution in [0.3, 0.4) is 0 Å². The second-order valence-corrected chi connectivity index (χ2v) is 5.09. The van der Waals surface area contributed by atoms with Crippen LogP contribution >= 0.6 is 15.9 Å². The summed E-state index contributed by atoms with van der Waals surface area (Å²) in [7, 11) is 0. The van der Waals surface area contributed by atoms with Gasteiger partial charge < -0.3 is 4.74 Å². The lowest BCUT2D eigenvalue weighted by Crippen LogP contribution is -2.12. The van der Waals surface area contributed by atoms with E-state index in [-0.39, 0.29) is 6.10 Å². The van der Waals surface area contributed by atoms with E-state index in [2.05, 4.69) is 26.0 Å². The summed E-state index contributed by atoms with van der Waals surface area (Å²) in [5, 5.41) is 4.35. The van der Waals surface area contributed by atoms with Gasteiger partial charge in [0, 0.05) is 6.54 Å². The minimum atomic E-state index is -0.00583. The minimum absolute atomic E-state index is 0.00583. The van der Waals surface area contributed by atoms with Gasteiger partial charge in [0.15, 0.2) is 11.9 Å². The van der Waals surface area contributed by atoms with Crippen LogP contribution in [0.25, 0.3) is 0 Å². The largest absolute Gasteiger partial charge is 0.482 e. The summed E-state index contributed by atoms with van der Waals surface area (Å²) in [6.07, 6.45) is 3.24. The number of para-hydroxylation sites is 1. The fraction of sp³-hybridized carbons (Fsp3) is 0.467. The molecule has 0 saturated carbocycles. The quantitative estimate of drug-likeness (QED) is 0.816. The van der Waals surface area contributed by atoms with Crippen LogP contribution in [0.15, 0.2) is 35.1 Å². The summed E-state index contributed by atoms with van der Waals surface area (Å²) in [5.74, 6) is 1.80. The monoisotopic (exact) mass is 337 g/mol. The zero-order chi connectivity index (χ0) is 14.4. The van der Waals surface area contributed by atoms with Gasteiger partial charge in [-0.3, -0.25) is 0 Å². The Morgan fingerprint density at radius 1 is 1.20 bits per heavy atom. The van der Waals surface area contributed by atoms with Crippen LogP contribution in [-0.4, -0.2) is 14.8 Å². The smallest absolute Gasteiger partial charge is 0.217 e. The average molecular weight is 338 g/mol. The molecule has 1 aliphatic heterocycles. The fourth-order valence-corrected chi connectivity index (χ4v) is 2.60. The topological polar surface area (TPSA) is 39.9 Å². The molecule has 0 fully saturated rings. The highest BCUT2D eigenvalue weighted by Crippen LogP contribution is 2.28. The van der Waals surface area contributed by atoms with E-state index in [4.69, 9.17) is 4.74 Å². The molecule has 1 unspecified atom stereocenters. The first-order valence-corrected chi connectivity index (χ1v) is 7.94. The summed E-state index contributed by atoms with van der Waals surface area (Å²) in [6, 6.07) is 9.89. The number of rotatable bonds is 2. The molecule has 1 aliphatic rings. The molecular weight excluding hydrogens is 318 g/mol. The lowest BCUT2D eigenvalue weighted by atomic mass is 10.1. The Morgan fingerprint density at radius 2 is 1.95 bits per heavy atom. The van der Waals surface area contributed by atoms with Crippen molar-refractivity contribution in [1.29, 1.82) is 0 Å². The minimum Gasteiger partial charge on any atom is -0.482 e. The Morgan fingerprint density at radius 3 is 2.70 bits per heavy atom. The van der Waals surface area contributed by atoms with Gasteiger partial charge in [-0.1, -0.05) is 32.0 Å². The number of halogens is 1. The molecule has 0 spiro atoms. The molecule has 0 bridgehead atoms. The van der Waals surface area contributed by atoms with Crippen molar-refractivity contribution >= 4 is 15.9 Å². The van der Waals surface area contributed by atoms with Gasteiger partial charge >= 0.3 is 0 Å². The first-order chi connectivity index (χ1) is 9.83. The van der Waals surface area contributed by atoms with Crippen molar-refractivity contribution in [3.05, 3.63) is 40.9 Å². The van der Waals surface area contributed by atoms with Crippen molar-refractivity contribution < 1.29 is 4.74 Å². The Balaban J connectivity index is 0.000000704. The summed E-state index contributed by atoms with van der Waals surface area (Å²) < 4.78 is 8.62. The summed E-state index contributed by atoms with van der Waals surface area (Å²) in [4.78, 5) is 4.43. The highest BCUT2D eigenvalue weighted by atomic mass is 79.9. The van der Waals surface area contributed by atoms with E-state index in [0.29, 0.717) is 4.73 Å². The van der Waals surface area contributed by atoms with Crippen LogP contribution in [-0.2, 0) is 6.54 Å². The lowest BCUT2D eigenvalue weighted by molar-refractivity contribution is 0.183. The molecule has 2 aromatic rings. The Labute approximate surface area is 128 Å². The number of ether oxygens (including phenoxy) is 1. The zero-order valence-corrected chi connectivity index (χ0v) is 13.5. The molecule has 0 N–H and O–H groups in total. The lowest BCUT2D eigenvalue weighted by Gasteiger charge is -2.16. The molecule has 2 heterocycles. The number of nitrogens with zero attached hydrogens (tertiary/aromatic N) is 3. The standard InChI is InChI=1S/C13H14BrN3O.C2H6/c14-13-15-12-11(8-4-5-9-17(12)16-13)18-10-6-2-1-3-7-10;1-2/h1-3,6-7,11H,4-5,8-9H2;1-2H3. The predicted octanol–water partition coefficient (Wildman–Crippen LogP) is 4.37. The molecule has 5 heteroatoms. The molecule has 3 rings (SSSR count). The van der Waals surface area contributed by atoms with Crippen LogP contribution in [0.1, 0.15) is 45.0 Å². The van der Waals surface area contributed by atoms with Gasteiger partial charge in [0.1, 0.15) is 5.75 Å².